The molecule has 0 atom stereocenters. The molecule has 1 aromatic heterocycles. The number of aromatic amines is 1. The molecule has 0 spiro atoms. The number of carbonyl (C=O) groups is 1. The molecule has 1 N–H and O–H groups in total. The number of fused-ring (bicyclic) bond motifs is 1. The quantitative estimate of drug-likeness (QED) is 0.386. The molecule has 29 heavy (non-hydrogen) atoms. The van der Waals surface area contributed by atoms with E-state index in [2.05, 4.69) is 4.98 Å². The van der Waals surface area contributed by atoms with Gasteiger partial charge in [-0.2, -0.15) is 0 Å². The lowest BCUT2D eigenvalue weighted by Gasteiger charge is -2.11. The average molecular weight is 381 g/mol. The highest BCUT2D eigenvalue weighted by atomic mass is 16.5. The zero-order chi connectivity index (χ0) is 20.2. The van der Waals surface area contributed by atoms with Crippen LogP contribution < -0.4 is 10.3 Å². The molecule has 4 nitrogen and oxygen atoms in total. The number of H-pyrrole nitrogens is 1. The number of carbonyl (C=O) groups excluding carboxylic acids is 1. The standard InChI is InChI=1S/C25H19NO3/c1-29-19-14-11-17(12-15-19)13-16-22(27)24-23(18-7-3-2-4-8-18)20-9-5-6-10-21(20)26-25(24)28/h2-16H,1H3,(H,26,28)/b16-13-. The Morgan fingerprint density at radius 1 is 0.897 bits per heavy atom. The molecular formula is C25H19NO3. The van der Waals surface area contributed by atoms with Gasteiger partial charge in [0, 0.05) is 16.5 Å². The highest BCUT2D eigenvalue weighted by Gasteiger charge is 2.18. The Morgan fingerprint density at radius 2 is 1.59 bits per heavy atom. The molecule has 0 unspecified atom stereocenters. The van der Waals surface area contributed by atoms with Crippen molar-refractivity contribution in [2.75, 3.05) is 7.11 Å². The summed E-state index contributed by atoms with van der Waals surface area (Å²) in [5.74, 6) is 0.400. The Hall–Kier alpha value is -3.92. The van der Waals surface area contributed by atoms with E-state index < -0.39 is 5.56 Å². The van der Waals surface area contributed by atoms with Crippen molar-refractivity contribution < 1.29 is 9.53 Å². The molecule has 0 aliphatic carbocycles. The van der Waals surface area contributed by atoms with Crippen molar-refractivity contribution in [1.29, 1.82) is 0 Å². The molecule has 0 aliphatic heterocycles. The van der Waals surface area contributed by atoms with Crippen LogP contribution in [0, 0.1) is 0 Å². The fourth-order valence-electron chi connectivity index (χ4n) is 3.35. The molecular weight excluding hydrogens is 362 g/mol. The maximum Gasteiger partial charge on any atom is 0.260 e. The summed E-state index contributed by atoms with van der Waals surface area (Å²) in [6.07, 6.45) is 3.14. The van der Waals surface area contributed by atoms with E-state index in [1.165, 1.54) is 6.08 Å². The van der Waals surface area contributed by atoms with Gasteiger partial charge in [-0.1, -0.05) is 66.7 Å². The van der Waals surface area contributed by atoms with Crippen LogP contribution in [0.1, 0.15) is 15.9 Å². The van der Waals surface area contributed by atoms with E-state index in [-0.39, 0.29) is 11.3 Å². The number of benzene rings is 3. The summed E-state index contributed by atoms with van der Waals surface area (Å²) in [7, 11) is 1.60. The van der Waals surface area contributed by atoms with E-state index >= 15 is 0 Å². The van der Waals surface area contributed by atoms with Crippen molar-refractivity contribution in [3.63, 3.8) is 0 Å². The van der Waals surface area contributed by atoms with Crippen LogP contribution in [0.4, 0.5) is 0 Å². The summed E-state index contributed by atoms with van der Waals surface area (Å²) >= 11 is 0. The molecule has 0 bridgehead atoms. The summed E-state index contributed by atoms with van der Waals surface area (Å²) in [6.45, 7) is 0. The van der Waals surface area contributed by atoms with E-state index in [1.54, 1.807) is 13.2 Å². The van der Waals surface area contributed by atoms with Gasteiger partial charge >= 0.3 is 0 Å². The van der Waals surface area contributed by atoms with Gasteiger partial charge in [0.15, 0.2) is 5.78 Å². The third-order valence-corrected chi connectivity index (χ3v) is 4.77. The van der Waals surface area contributed by atoms with Crippen molar-refractivity contribution in [1.82, 2.24) is 4.98 Å². The van der Waals surface area contributed by atoms with Gasteiger partial charge in [-0.15, -0.1) is 0 Å². The van der Waals surface area contributed by atoms with Gasteiger partial charge in [0.05, 0.1) is 12.7 Å². The second-order valence-corrected chi connectivity index (χ2v) is 6.59. The van der Waals surface area contributed by atoms with Crippen LogP contribution in [0.15, 0.2) is 89.7 Å². The minimum absolute atomic E-state index is 0.139. The van der Waals surface area contributed by atoms with E-state index in [0.717, 1.165) is 22.3 Å². The molecule has 0 saturated carbocycles. The molecule has 0 radical (unpaired) electrons. The average Bonchev–Trinajstić information content (AvgIpc) is 2.77. The number of hydrogen-bond donors (Lipinski definition) is 1. The third kappa shape index (κ3) is 3.73. The van der Waals surface area contributed by atoms with Crippen LogP contribution in [0.25, 0.3) is 28.1 Å². The summed E-state index contributed by atoms with van der Waals surface area (Å²) in [6, 6.07) is 24.4. The molecule has 4 rings (SSSR count). The van der Waals surface area contributed by atoms with Crippen LogP contribution in [0.3, 0.4) is 0 Å². The SMILES string of the molecule is COc1ccc(/C=C\C(=O)c2c(-c3ccccc3)c3ccccc3[nH]c2=O)cc1. The molecule has 3 aromatic carbocycles. The van der Waals surface area contributed by atoms with E-state index in [1.807, 2.05) is 78.9 Å². The predicted octanol–water partition coefficient (Wildman–Crippen LogP) is 5.10. The molecule has 1 heterocycles. The normalized spacial score (nSPS) is 11.1. The highest BCUT2D eigenvalue weighted by molar-refractivity contribution is 6.15. The first-order chi connectivity index (χ1) is 14.2. The van der Waals surface area contributed by atoms with Gasteiger partial charge in [0.1, 0.15) is 5.75 Å². The Bertz CT molecular complexity index is 1250. The second kappa shape index (κ2) is 7.98. The van der Waals surface area contributed by atoms with Crippen LogP contribution in [-0.2, 0) is 0 Å². The first-order valence-electron chi connectivity index (χ1n) is 9.24. The number of ketones is 1. The van der Waals surface area contributed by atoms with Crippen molar-refractivity contribution in [3.05, 3.63) is 106 Å². The summed E-state index contributed by atoms with van der Waals surface area (Å²) in [5.41, 5.74) is 2.77. The van der Waals surface area contributed by atoms with Crippen LogP contribution in [0.5, 0.6) is 5.75 Å². The van der Waals surface area contributed by atoms with Gasteiger partial charge in [0.25, 0.3) is 5.56 Å². The number of methoxy groups -OCH3 is 1. The number of hydrogen-bond acceptors (Lipinski definition) is 3. The minimum atomic E-state index is -0.396. The molecule has 0 aliphatic rings. The number of allylic oxidation sites excluding steroid dienone is 1. The molecule has 4 aromatic rings. The number of aromatic nitrogens is 1. The first kappa shape index (κ1) is 18.4. The molecule has 0 fully saturated rings. The maximum absolute atomic E-state index is 13.1. The Labute approximate surface area is 168 Å². The molecule has 4 heteroatoms. The number of pyridine rings is 1. The van der Waals surface area contributed by atoms with Crippen LogP contribution >= 0.6 is 0 Å². The second-order valence-electron chi connectivity index (χ2n) is 6.59. The summed E-state index contributed by atoms with van der Waals surface area (Å²) < 4.78 is 5.15. The van der Waals surface area contributed by atoms with Crippen molar-refractivity contribution in [2.45, 2.75) is 0 Å². The number of ether oxygens (including phenoxy) is 1. The minimum Gasteiger partial charge on any atom is -0.497 e. The Morgan fingerprint density at radius 3 is 2.31 bits per heavy atom. The monoisotopic (exact) mass is 381 g/mol. The lowest BCUT2D eigenvalue weighted by Crippen LogP contribution is -2.18. The lowest BCUT2D eigenvalue weighted by molar-refractivity contribution is 0.104. The van der Waals surface area contributed by atoms with E-state index in [0.29, 0.717) is 11.1 Å². The first-order valence-corrected chi connectivity index (χ1v) is 9.24. The van der Waals surface area contributed by atoms with Crippen molar-refractivity contribution >= 4 is 22.8 Å². The highest BCUT2D eigenvalue weighted by Crippen LogP contribution is 2.29. The largest absolute Gasteiger partial charge is 0.497 e. The fraction of sp³-hybridized carbons (Fsp3) is 0.0400. The van der Waals surface area contributed by atoms with Crippen LogP contribution in [0.2, 0.25) is 0 Å². The van der Waals surface area contributed by atoms with Crippen molar-refractivity contribution in [2.24, 2.45) is 0 Å². The topological polar surface area (TPSA) is 59.2 Å². The fourth-order valence-corrected chi connectivity index (χ4v) is 3.35. The van der Waals surface area contributed by atoms with E-state index in [9.17, 15) is 9.59 Å². The Balaban J connectivity index is 1.84. The Kier molecular flexibility index (Phi) is 5.08. The van der Waals surface area contributed by atoms with Gasteiger partial charge in [-0.25, -0.2) is 0 Å². The van der Waals surface area contributed by atoms with Gasteiger partial charge in [-0.05, 0) is 35.4 Å². The summed E-state index contributed by atoms with van der Waals surface area (Å²) in [5, 5.41) is 0.833. The third-order valence-electron chi connectivity index (χ3n) is 4.77. The zero-order valence-corrected chi connectivity index (χ0v) is 15.9. The molecule has 0 saturated heterocycles. The number of nitrogens with one attached hydrogen (secondary N) is 1. The predicted molar refractivity (Wildman–Crippen MR) is 116 cm³/mol. The number of rotatable bonds is 5. The van der Waals surface area contributed by atoms with Gasteiger partial charge < -0.3 is 9.72 Å². The smallest absolute Gasteiger partial charge is 0.260 e. The molecule has 0 amide bonds. The van der Waals surface area contributed by atoms with E-state index in [4.69, 9.17) is 4.74 Å². The lowest BCUT2D eigenvalue weighted by atomic mass is 9.94. The van der Waals surface area contributed by atoms with Crippen LogP contribution in [-0.4, -0.2) is 17.9 Å². The maximum atomic E-state index is 13.1. The zero-order valence-electron chi connectivity index (χ0n) is 15.9. The van der Waals surface area contributed by atoms with Gasteiger partial charge in [-0.3, -0.25) is 9.59 Å². The number of para-hydroxylation sites is 1. The van der Waals surface area contributed by atoms with Gasteiger partial charge in [0.2, 0.25) is 0 Å². The summed E-state index contributed by atoms with van der Waals surface area (Å²) in [4.78, 5) is 28.7. The molecule has 142 valence electrons. The van der Waals surface area contributed by atoms with Crippen molar-refractivity contribution in [3.8, 4) is 16.9 Å².